The van der Waals surface area contributed by atoms with Crippen LogP contribution in [-0.2, 0) is 26.4 Å². The molecule has 0 bridgehead atoms. The van der Waals surface area contributed by atoms with E-state index in [1.807, 2.05) is 12.4 Å². The smallest absolute Gasteiger partial charge is 0.118 e. The lowest BCUT2D eigenvalue weighted by Gasteiger charge is -2.32. The highest BCUT2D eigenvalue weighted by Crippen LogP contribution is 2.22. The number of furan rings is 1. The minimum Gasteiger partial charge on any atom is -0.465 e. The van der Waals surface area contributed by atoms with Crippen molar-refractivity contribution in [1.29, 1.82) is 0 Å². The number of hydrogen-bond donors (Lipinski definition) is 0. The topological polar surface area (TPSA) is 34.2 Å². The number of likely N-dealkylation sites (tertiary alicyclic amines) is 1. The van der Waals surface area contributed by atoms with Gasteiger partial charge in [0.1, 0.15) is 17.3 Å². The second kappa shape index (κ2) is 6.48. The fraction of sp³-hybridized carbons (Fsp3) is 0.588. The van der Waals surface area contributed by atoms with E-state index in [2.05, 4.69) is 40.6 Å². The molecule has 0 saturated carbocycles. The van der Waals surface area contributed by atoms with Gasteiger partial charge in [-0.05, 0) is 37.4 Å². The van der Waals surface area contributed by atoms with Gasteiger partial charge in [-0.25, -0.2) is 4.98 Å². The highest BCUT2D eigenvalue weighted by atomic mass is 16.3. The lowest BCUT2D eigenvalue weighted by atomic mass is 9.94. The van der Waals surface area contributed by atoms with Crippen molar-refractivity contribution in [3.05, 3.63) is 41.9 Å². The molecule has 3 heterocycles. The van der Waals surface area contributed by atoms with Crippen molar-refractivity contribution in [3.63, 3.8) is 0 Å². The number of piperidine rings is 1. The highest BCUT2D eigenvalue weighted by molar-refractivity contribution is 5.07. The van der Waals surface area contributed by atoms with Gasteiger partial charge < -0.3 is 8.98 Å². The monoisotopic (exact) mass is 287 g/mol. The van der Waals surface area contributed by atoms with Gasteiger partial charge in [-0.1, -0.05) is 6.92 Å². The Kier molecular flexibility index (Phi) is 4.44. The third-order valence-corrected chi connectivity index (χ3v) is 4.44. The van der Waals surface area contributed by atoms with E-state index < -0.39 is 0 Å². The summed E-state index contributed by atoms with van der Waals surface area (Å²) >= 11 is 0. The molecule has 0 radical (unpaired) electrons. The lowest BCUT2D eigenvalue weighted by Crippen LogP contribution is -2.36. The predicted molar refractivity (Wildman–Crippen MR) is 83.0 cm³/mol. The van der Waals surface area contributed by atoms with Crippen LogP contribution in [0.15, 0.2) is 28.9 Å². The molecule has 0 aromatic carbocycles. The van der Waals surface area contributed by atoms with Gasteiger partial charge in [-0.3, -0.25) is 4.90 Å². The Bertz CT molecular complexity index is 572. The first-order valence-corrected chi connectivity index (χ1v) is 8.00. The normalized spacial score (nSPS) is 20.0. The number of aromatic nitrogens is 2. The van der Waals surface area contributed by atoms with Crippen molar-refractivity contribution in [2.24, 2.45) is 13.0 Å². The zero-order valence-electron chi connectivity index (χ0n) is 13.1. The lowest BCUT2D eigenvalue weighted by molar-refractivity contribution is 0.154. The molecule has 2 aromatic heterocycles. The molecule has 1 fully saturated rings. The molecule has 4 nitrogen and oxygen atoms in total. The number of imidazole rings is 1. The molecule has 0 spiro atoms. The van der Waals surface area contributed by atoms with Crippen LogP contribution < -0.4 is 0 Å². The maximum Gasteiger partial charge on any atom is 0.118 e. The molecular weight excluding hydrogens is 262 g/mol. The van der Waals surface area contributed by atoms with Gasteiger partial charge in [0.15, 0.2) is 0 Å². The van der Waals surface area contributed by atoms with E-state index in [-0.39, 0.29) is 0 Å². The van der Waals surface area contributed by atoms with Crippen molar-refractivity contribution >= 4 is 0 Å². The Labute approximate surface area is 126 Å². The maximum atomic E-state index is 5.84. The van der Waals surface area contributed by atoms with Crippen molar-refractivity contribution < 1.29 is 4.42 Å². The highest BCUT2D eigenvalue weighted by Gasteiger charge is 2.22. The minimum absolute atomic E-state index is 0.709. The summed E-state index contributed by atoms with van der Waals surface area (Å²) in [4.78, 5) is 6.98. The van der Waals surface area contributed by atoms with E-state index in [0.717, 1.165) is 37.5 Å². The molecule has 21 heavy (non-hydrogen) atoms. The second-order valence-electron chi connectivity index (χ2n) is 6.12. The average molecular weight is 287 g/mol. The van der Waals surface area contributed by atoms with Crippen LogP contribution in [0.3, 0.4) is 0 Å². The van der Waals surface area contributed by atoms with Crippen molar-refractivity contribution in [2.75, 3.05) is 13.1 Å². The maximum absolute atomic E-state index is 5.84. The van der Waals surface area contributed by atoms with Crippen LogP contribution in [0.2, 0.25) is 0 Å². The molecule has 1 atom stereocenters. The average Bonchev–Trinajstić information content (AvgIpc) is 3.09. The van der Waals surface area contributed by atoms with Crippen LogP contribution in [0.5, 0.6) is 0 Å². The summed E-state index contributed by atoms with van der Waals surface area (Å²) < 4.78 is 7.98. The number of hydrogen-bond acceptors (Lipinski definition) is 3. The van der Waals surface area contributed by atoms with Gasteiger partial charge in [-0.2, -0.15) is 0 Å². The van der Waals surface area contributed by atoms with Crippen molar-refractivity contribution in [3.8, 4) is 0 Å². The first kappa shape index (κ1) is 14.4. The van der Waals surface area contributed by atoms with Gasteiger partial charge in [0.2, 0.25) is 0 Å². The van der Waals surface area contributed by atoms with E-state index in [1.54, 1.807) is 0 Å². The summed E-state index contributed by atoms with van der Waals surface area (Å²) in [7, 11) is 2.08. The Morgan fingerprint density at radius 1 is 1.33 bits per heavy atom. The van der Waals surface area contributed by atoms with Crippen LogP contribution in [0.25, 0.3) is 0 Å². The molecule has 1 aliphatic heterocycles. The van der Waals surface area contributed by atoms with Gasteiger partial charge in [0.25, 0.3) is 0 Å². The predicted octanol–water partition coefficient (Wildman–Crippen LogP) is 3.03. The summed E-state index contributed by atoms with van der Waals surface area (Å²) in [6.45, 7) is 5.40. The van der Waals surface area contributed by atoms with Crippen LogP contribution >= 0.6 is 0 Å². The van der Waals surface area contributed by atoms with E-state index in [1.165, 1.54) is 25.2 Å². The van der Waals surface area contributed by atoms with E-state index in [9.17, 15) is 0 Å². The molecule has 1 unspecified atom stereocenters. The molecule has 0 N–H and O–H groups in total. The SMILES string of the molecule is CCc1ccc(CN2CCCC(Cc3nccn3C)C2)o1. The molecule has 1 saturated heterocycles. The van der Waals surface area contributed by atoms with Crippen LogP contribution in [0.1, 0.15) is 37.1 Å². The number of nitrogens with zero attached hydrogens (tertiary/aromatic N) is 3. The molecule has 4 heteroatoms. The van der Waals surface area contributed by atoms with Gasteiger partial charge in [0.05, 0.1) is 6.54 Å². The van der Waals surface area contributed by atoms with E-state index in [0.29, 0.717) is 5.92 Å². The van der Waals surface area contributed by atoms with Crippen molar-refractivity contribution in [2.45, 2.75) is 39.2 Å². The fourth-order valence-electron chi connectivity index (χ4n) is 3.23. The van der Waals surface area contributed by atoms with Crippen molar-refractivity contribution in [1.82, 2.24) is 14.5 Å². The molecule has 0 amide bonds. The largest absolute Gasteiger partial charge is 0.465 e. The molecule has 1 aliphatic rings. The van der Waals surface area contributed by atoms with Crippen LogP contribution in [-0.4, -0.2) is 27.5 Å². The molecule has 114 valence electrons. The van der Waals surface area contributed by atoms with Crippen LogP contribution in [0, 0.1) is 5.92 Å². The molecule has 2 aromatic rings. The molecule has 0 aliphatic carbocycles. The first-order valence-electron chi connectivity index (χ1n) is 8.00. The third kappa shape index (κ3) is 3.56. The van der Waals surface area contributed by atoms with Gasteiger partial charge >= 0.3 is 0 Å². The van der Waals surface area contributed by atoms with E-state index in [4.69, 9.17) is 4.42 Å². The Morgan fingerprint density at radius 2 is 2.19 bits per heavy atom. The Hall–Kier alpha value is -1.55. The summed E-state index contributed by atoms with van der Waals surface area (Å²) in [5, 5.41) is 0. The fourth-order valence-corrected chi connectivity index (χ4v) is 3.23. The molecular formula is C17H25N3O. The van der Waals surface area contributed by atoms with Gasteiger partial charge in [-0.15, -0.1) is 0 Å². The molecule has 3 rings (SSSR count). The minimum atomic E-state index is 0.709. The Morgan fingerprint density at radius 3 is 2.90 bits per heavy atom. The summed E-state index contributed by atoms with van der Waals surface area (Å²) in [6, 6.07) is 4.23. The van der Waals surface area contributed by atoms with Crippen LogP contribution in [0.4, 0.5) is 0 Å². The second-order valence-corrected chi connectivity index (χ2v) is 6.12. The number of rotatable bonds is 5. The zero-order chi connectivity index (χ0) is 14.7. The number of aryl methyl sites for hydroxylation is 2. The standard InChI is InChI=1S/C17H25N3O/c1-3-15-6-7-16(21-15)13-20-9-4-5-14(12-20)11-17-18-8-10-19(17)2/h6-8,10,14H,3-5,9,11-13H2,1-2H3. The zero-order valence-corrected chi connectivity index (χ0v) is 13.1. The summed E-state index contributed by atoms with van der Waals surface area (Å²) in [5.41, 5.74) is 0. The Balaban J connectivity index is 1.56. The van der Waals surface area contributed by atoms with E-state index >= 15 is 0 Å². The summed E-state index contributed by atoms with van der Waals surface area (Å²) in [6.07, 6.45) is 8.56. The third-order valence-electron chi connectivity index (χ3n) is 4.44. The first-order chi connectivity index (χ1) is 10.2. The summed E-state index contributed by atoms with van der Waals surface area (Å²) in [5.74, 6) is 4.10. The van der Waals surface area contributed by atoms with Gasteiger partial charge in [0, 0.05) is 38.8 Å². The quantitative estimate of drug-likeness (QED) is 0.847.